The fourth-order valence-electron chi connectivity index (χ4n) is 1.07. The fraction of sp³-hybridized carbons (Fsp3) is 1.00. The molecular formula is C12H35B2N2O. The first kappa shape index (κ1) is 25.8. The molecule has 0 spiro atoms. The summed E-state index contributed by atoms with van der Waals surface area (Å²) >= 11 is 0. The first-order valence-corrected chi connectivity index (χ1v) is 6.10. The molecule has 0 heterocycles. The van der Waals surface area contributed by atoms with E-state index in [1.807, 2.05) is 0 Å². The summed E-state index contributed by atoms with van der Waals surface area (Å²) in [6, 6.07) is 0. The van der Waals surface area contributed by atoms with Crippen molar-refractivity contribution in [3.63, 3.8) is 0 Å². The number of nitrogens with zero attached hydrogens (tertiary/aromatic N) is 1. The van der Waals surface area contributed by atoms with Crippen LogP contribution in [0.1, 0.15) is 46.0 Å². The summed E-state index contributed by atoms with van der Waals surface area (Å²) in [7, 11) is 6.70. The standard InChI is InChI=1S/C7H18N.C5H13NO.BH4.B/c1-5-6-7-8(2,3)4;1-2-3-4-5-7-6;;/h5-7H2,1-4H3;2-6H2,1H3;1H4;/q+1;;-1;. The maximum atomic E-state index is 4.77. The molecule has 0 aromatic carbocycles. The van der Waals surface area contributed by atoms with Crippen molar-refractivity contribution in [2.24, 2.45) is 5.90 Å². The number of rotatable bonds is 7. The normalized spacial score (nSPS) is 9.53. The van der Waals surface area contributed by atoms with Gasteiger partial charge < -0.3 is 9.32 Å². The lowest BCUT2D eigenvalue weighted by molar-refractivity contribution is -0.870. The van der Waals surface area contributed by atoms with E-state index >= 15 is 0 Å². The van der Waals surface area contributed by atoms with Gasteiger partial charge in [-0.25, -0.2) is 5.90 Å². The Morgan fingerprint density at radius 2 is 1.41 bits per heavy atom. The second-order valence-electron chi connectivity index (χ2n) is 4.95. The van der Waals surface area contributed by atoms with E-state index in [4.69, 9.17) is 5.90 Å². The molecule has 0 rings (SSSR count). The molecule has 0 fully saturated rings. The SMILES string of the molecule is CCCCCON.CCCC[N+](C)(C)C.[BH4-].[B]. The molecule has 0 aromatic heterocycles. The fourth-order valence-corrected chi connectivity index (χ4v) is 1.07. The van der Waals surface area contributed by atoms with Gasteiger partial charge in [0, 0.05) is 8.41 Å². The van der Waals surface area contributed by atoms with Crippen LogP contribution in [0.3, 0.4) is 0 Å². The molecule has 17 heavy (non-hydrogen) atoms. The van der Waals surface area contributed by atoms with Gasteiger partial charge in [0.25, 0.3) is 0 Å². The first-order chi connectivity index (χ1) is 6.97. The summed E-state index contributed by atoms with van der Waals surface area (Å²) in [5.41, 5.74) is 0. The highest BCUT2D eigenvalue weighted by Crippen LogP contribution is 1.95. The van der Waals surface area contributed by atoms with Crippen molar-refractivity contribution in [2.75, 3.05) is 34.3 Å². The second-order valence-corrected chi connectivity index (χ2v) is 4.95. The van der Waals surface area contributed by atoms with Crippen LogP contribution < -0.4 is 5.90 Å². The van der Waals surface area contributed by atoms with Gasteiger partial charge in [0.2, 0.25) is 0 Å². The van der Waals surface area contributed by atoms with Crippen LogP contribution in [0.5, 0.6) is 0 Å². The lowest BCUT2D eigenvalue weighted by Crippen LogP contribution is -2.35. The zero-order valence-corrected chi connectivity index (χ0v) is 12.0. The molecule has 3 radical (unpaired) electrons. The minimum Gasteiger partial charge on any atom is -0.331 e. The van der Waals surface area contributed by atoms with Gasteiger partial charge in [0.15, 0.2) is 0 Å². The molecule has 0 saturated heterocycles. The van der Waals surface area contributed by atoms with E-state index in [0.717, 1.165) is 10.9 Å². The van der Waals surface area contributed by atoms with E-state index in [0.29, 0.717) is 6.61 Å². The topological polar surface area (TPSA) is 35.2 Å². The smallest absolute Gasteiger partial charge is 0.0780 e. The van der Waals surface area contributed by atoms with E-state index in [-0.39, 0.29) is 16.8 Å². The second kappa shape index (κ2) is 18.4. The summed E-state index contributed by atoms with van der Waals surface area (Å²) < 4.78 is 1.10. The van der Waals surface area contributed by atoms with Gasteiger partial charge in [-0.05, 0) is 12.8 Å². The largest absolute Gasteiger partial charge is 0.331 e. The van der Waals surface area contributed by atoms with Crippen molar-refractivity contribution >= 4 is 16.8 Å². The Kier molecular flexibility index (Phi) is 27.8. The predicted octanol–water partition coefficient (Wildman–Crippen LogP) is 0.727. The van der Waals surface area contributed by atoms with Crippen LogP contribution in [0.4, 0.5) is 0 Å². The maximum Gasteiger partial charge on any atom is 0.0780 e. The minimum absolute atomic E-state index is 0. The summed E-state index contributed by atoms with van der Waals surface area (Å²) in [5.74, 6) is 4.77. The Hall–Kier alpha value is 0.00987. The van der Waals surface area contributed by atoms with Crippen LogP contribution in [0.15, 0.2) is 0 Å². The zero-order chi connectivity index (χ0) is 12.2. The molecule has 0 amide bonds. The van der Waals surface area contributed by atoms with Gasteiger partial charge in [-0.3, -0.25) is 0 Å². The third-order valence-corrected chi connectivity index (χ3v) is 2.05. The highest BCUT2D eigenvalue weighted by Gasteiger charge is 2.02. The Morgan fingerprint density at radius 3 is 1.65 bits per heavy atom. The van der Waals surface area contributed by atoms with E-state index in [2.05, 4.69) is 39.8 Å². The molecule has 0 aliphatic carbocycles. The van der Waals surface area contributed by atoms with E-state index in [9.17, 15) is 0 Å². The summed E-state index contributed by atoms with van der Waals surface area (Å²) in [5, 5.41) is 0. The van der Waals surface area contributed by atoms with Crippen LogP contribution in [-0.4, -0.2) is 55.6 Å². The van der Waals surface area contributed by atoms with Crippen molar-refractivity contribution in [1.29, 1.82) is 0 Å². The molecule has 0 aliphatic heterocycles. The van der Waals surface area contributed by atoms with E-state index < -0.39 is 0 Å². The molecule has 0 bridgehead atoms. The number of hydrogen-bond acceptors (Lipinski definition) is 2. The number of unbranched alkanes of at least 4 members (excludes halogenated alkanes) is 3. The Labute approximate surface area is 113 Å². The summed E-state index contributed by atoms with van der Waals surface area (Å²) in [4.78, 5) is 4.34. The summed E-state index contributed by atoms with van der Waals surface area (Å²) in [6.07, 6.45) is 6.20. The van der Waals surface area contributed by atoms with Gasteiger partial charge >= 0.3 is 0 Å². The van der Waals surface area contributed by atoms with Crippen molar-refractivity contribution in [3.8, 4) is 0 Å². The molecule has 3 nitrogen and oxygen atoms in total. The quantitative estimate of drug-likeness (QED) is 0.310. The molecule has 0 aromatic rings. The van der Waals surface area contributed by atoms with Crippen molar-refractivity contribution in [3.05, 3.63) is 0 Å². The monoisotopic (exact) mass is 245 g/mol. The average Bonchev–Trinajstić information content (AvgIpc) is 2.16. The van der Waals surface area contributed by atoms with Gasteiger partial charge in [0.1, 0.15) is 0 Å². The van der Waals surface area contributed by atoms with Crippen LogP contribution in [0.2, 0.25) is 0 Å². The van der Waals surface area contributed by atoms with E-state index in [1.54, 1.807) is 0 Å². The van der Waals surface area contributed by atoms with Crippen molar-refractivity contribution < 1.29 is 9.32 Å². The number of nitrogens with two attached hydrogens (primary N) is 1. The van der Waals surface area contributed by atoms with Crippen LogP contribution in [0, 0.1) is 0 Å². The molecule has 0 atom stereocenters. The lowest BCUT2D eigenvalue weighted by atomic mass is 10.3. The van der Waals surface area contributed by atoms with Crippen molar-refractivity contribution in [1.82, 2.24) is 0 Å². The van der Waals surface area contributed by atoms with Crippen LogP contribution in [-0.2, 0) is 4.84 Å². The predicted molar refractivity (Wildman–Crippen MR) is 84.6 cm³/mol. The van der Waals surface area contributed by atoms with Gasteiger partial charge in [-0.15, -0.1) is 0 Å². The molecule has 0 unspecified atom stereocenters. The Bertz CT molecular complexity index is 116. The summed E-state index contributed by atoms with van der Waals surface area (Å²) in [6.45, 7) is 6.39. The third-order valence-electron chi connectivity index (χ3n) is 2.05. The average molecular weight is 245 g/mol. The molecule has 0 aliphatic rings. The van der Waals surface area contributed by atoms with Crippen molar-refractivity contribution in [2.45, 2.75) is 46.0 Å². The molecule has 2 N–H and O–H groups in total. The number of hydrogen-bond donors (Lipinski definition) is 1. The third kappa shape index (κ3) is 38.7. The Balaban J connectivity index is -0.0000000896. The van der Waals surface area contributed by atoms with Crippen LogP contribution in [0.25, 0.3) is 0 Å². The van der Waals surface area contributed by atoms with Crippen LogP contribution >= 0.6 is 0 Å². The van der Waals surface area contributed by atoms with Gasteiger partial charge in [-0.1, -0.05) is 41.5 Å². The molecular weight excluding hydrogens is 210 g/mol. The maximum absolute atomic E-state index is 4.77. The highest BCUT2D eigenvalue weighted by atomic mass is 16.6. The molecule has 0 saturated carbocycles. The highest BCUT2D eigenvalue weighted by molar-refractivity contribution is 5.76. The van der Waals surface area contributed by atoms with Gasteiger partial charge in [0.05, 0.1) is 34.3 Å². The molecule has 105 valence electrons. The van der Waals surface area contributed by atoms with E-state index in [1.165, 1.54) is 32.2 Å². The minimum atomic E-state index is 0. The lowest BCUT2D eigenvalue weighted by Gasteiger charge is -2.23. The number of quaternary nitrogens is 1. The van der Waals surface area contributed by atoms with Gasteiger partial charge in [-0.2, -0.15) is 0 Å². The Morgan fingerprint density at radius 1 is 0.941 bits per heavy atom. The first-order valence-electron chi connectivity index (χ1n) is 6.10. The molecule has 5 heteroatoms. The zero-order valence-electron chi connectivity index (χ0n) is 12.0.